The highest BCUT2D eigenvalue weighted by atomic mass is 127. The van der Waals surface area contributed by atoms with Crippen molar-refractivity contribution in [1.82, 2.24) is 5.48 Å². The Kier molecular flexibility index (Phi) is 6.14. The zero-order valence-electron chi connectivity index (χ0n) is 15.1. The van der Waals surface area contributed by atoms with Gasteiger partial charge in [-0.15, -0.1) is 0 Å². The van der Waals surface area contributed by atoms with Crippen LogP contribution in [0, 0.1) is 28.0 Å². The summed E-state index contributed by atoms with van der Waals surface area (Å²) in [6.07, 6.45) is 1.55. The van der Waals surface area contributed by atoms with Crippen LogP contribution in [0.5, 0.6) is 0 Å². The number of halogens is 4. The summed E-state index contributed by atoms with van der Waals surface area (Å²) in [5.74, 6) is -5.06. The quantitative estimate of drug-likeness (QED) is 0.215. The van der Waals surface area contributed by atoms with Gasteiger partial charge in [0.15, 0.2) is 17.4 Å². The fraction of sp³-hybridized carbons (Fsp3) is 0.316. The lowest BCUT2D eigenvalue weighted by atomic mass is 10.1. The van der Waals surface area contributed by atoms with Crippen LogP contribution in [0.25, 0.3) is 0 Å². The van der Waals surface area contributed by atoms with E-state index in [0.29, 0.717) is 5.69 Å². The Balaban J connectivity index is 1.92. The molecule has 0 saturated heterocycles. The summed E-state index contributed by atoms with van der Waals surface area (Å²) in [4.78, 5) is 17.7. The standard InChI is InChI=1S/C19H18ClF2IN2O3/c1-9-7-11(23)5-6-14(9)24-17-12(8-13(20)15(21)16(17)22)18(26)25-28-19(2,27)10-3-4-10/h5-8,10,24,27H,3-4H2,1-2H3,(H,25,26). The SMILES string of the molecule is Cc1cc(I)ccc1Nc1c(C(=O)NOC(C)(O)C2CC2)cc(Cl)c(F)c1F. The number of rotatable bonds is 6. The monoisotopic (exact) mass is 522 g/mol. The minimum atomic E-state index is -1.54. The molecule has 1 amide bonds. The lowest BCUT2D eigenvalue weighted by molar-refractivity contribution is -0.230. The first-order valence-electron chi connectivity index (χ1n) is 8.51. The molecule has 1 aliphatic carbocycles. The van der Waals surface area contributed by atoms with Gasteiger partial charge in [0.25, 0.3) is 5.91 Å². The van der Waals surface area contributed by atoms with Crippen LogP contribution in [0.4, 0.5) is 20.2 Å². The molecule has 0 spiro atoms. The molecular weight excluding hydrogens is 505 g/mol. The lowest BCUT2D eigenvalue weighted by Crippen LogP contribution is -2.40. The first kappa shape index (κ1) is 21.2. The van der Waals surface area contributed by atoms with Gasteiger partial charge in [-0.25, -0.2) is 19.1 Å². The van der Waals surface area contributed by atoms with E-state index < -0.39 is 28.4 Å². The van der Waals surface area contributed by atoms with Crippen molar-refractivity contribution < 1.29 is 23.5 Å². The first-order chi connectivity index (χ1) is 13.1. The molecule has 2 aromatic rings. The van der Waals surface area contributed by atoms with Crippen molar-refractivity contribution in [1.29, 1.82) is 0 Å². The van der Waals surface area contributed by atoms with Crippen molar-refractivity contribution in [3.8, 4) is 0 Å². The molecule has 1 unspecified atom stereocenters. The van der Waals surface area contributed by atoms with Crippen molar-refractivity contribution in [3.05, 3.63) is 55.6 Å². The second-order valence-corrected chi connectivity index (χ2v) is 8.51. The smallest absolute Gasteiger partial charge is 0.277 e. The summed E-state index contributed by atoms with van der Waals surface area (Å²) < 4.78 is 29.6. The predicted octanol–water partition coefficient (Wildman–Crippen LogP) is 5.05. The van der Waals surface area contributed by atoms with E-state index in [1.165, 1.54) is 6.92 Å². The van der Waals surface area contributed by atoms with Gasteiger partial charge >= 0.3 is 0 Å². The molecular formula is C19H18ClF2IN2O3. The number of nitrogens with one attached hydrogen (secondary N) is 2. The number of aliphatic hydroxyl groups is 1. The third-order valence-corrected chi connectivity index (χ3v) is 5.49. The maximum atomic E-state index is 14.6. The van der Waals surface area contributed by atoms with Gasteiger partial charge in [0.05, 0.1) is 16.3 Å². The molecule has 1 fully saturated rings. The number of amides is 1. The maximum absolute atomic E-state index is 14.6. The molecule has 2 aromatic carbocycles. The Hall–Kier alpha value is -1.49. The van der Waals surface area contributed by atoms with Gasteiger partial charge in [-0.05, 0) is 79.1 Å². The topological polar surface area (TPSA) is 70.6 Å². The molecule has 0 radical (unpaired) electrons. The molecule has 3 N–H and O–H groups in total. The van der Waals surface area contributed by atoms with Crippen LogP contribution < -0.4 is 10.8 Å². The largest absolute Gasteiger partial charge is 0.364 e. The van der Waals surface area contributed by atoms with Gasteiger partial charge < -0.3 is 10.4 Å². The van der Waals surface area contributed by atoms with Gasteiger partial charge in [0.2, 0.25) is 0 Å². The van der Waals surface area contributed by atoms with Gasteiger partial charge in [-0.3, -0.25) is 4.79 Å². The van der Waals surface area contributed by atoms with Gasteiger partial charge in [-0.2, -0.15) is 0 Å². The number of anilines is 2. The first-order valence-corrected chi connectivity index (χ1v) is 9.97. The molecule has 1 aliphatic rings. The van der Waals surface area contributed by atoms with E-state index in [1.54, 1.807) is 19.1 Å². The van der Waals surface area contributed by atoms with Gasteiger partial charge in [0, 0.05) is 15.2 Å². The Bertz CT molecular complexity index is 936. The molecule has 0 bridgehead atoms. The number of benzene rings is 2. The molecule has 3 rings (SSSR count). The zero-order chi connectivity index (χ0) is 20.6. The molecule has 0 aliphatic heterocycles. The highest BCUT2D eigenvalue weighted by Gasteiger charge is 2.42. The summed E-state index contributed by atoms with van der Waals surface area (Å²) in [7, 11) is 0. The van der Waals surface area contributed by atoms with Crippen molar-refractivity contribution in [2.45, 2.75) is 32.5 Å². The number of hydrogen-bond donors (Lipinski definition) is 3. The van der Waals surface area contributed by atoms with E-state index in [1.807, 2.05) is 6.07 Å². The molecule has 0 aromatic heterocycles. The fourth-order valence-corrected chi connectivity index (χ4v) is 3.54. The van der Waals surface area contributed by atoms with Crippen LogP contribution in [0.2, 0.25) is 5.02 Å². The minimum absolute atomic E-state index is 0.0895. The van der Waals surface area contributed by atoms with Crippen LogP contribution in [0.3, 0.4) is 0 Å². The molecule has 28 heavy (non-hydrogen) atoms. The highest BCUT2D eigenvalue weighted by molar-refractivity contribution is 14.1. The third-order valence-electron chi connectivity index (χ3n) is 4.54. The fourth-order valence-electron chi connectivity index (χ4n) is 2.71. The van der Waals surface area contributed by atoms with Crippen molar-refractivity contribution in [2.75, 3.05) is 5.32 Å². The number of carbonyl (C=O) groups excluding carboxylic acids is 1. The molecule has 1 atom stereocenters. The average molecular weight is 523 g/mol. The van der Waals surface area contributed by atoms with Gasteiger partial charge in [-0.1, -0.05) is 11.6 Å². The van der Waals surface area contributed by atoms with Crippen LogP contribution in [0.1, 0.15) is 35.7 Å². The summed E-state index contributed by atoms with van der Waals surface area (Å²) in [5, 5.41) is 12.4. The summed E-state index contributed by atoms with van der Waals surface area (Å²) in [6, 6.07) is 6.34. The Morgan fingerprint density at radius 1 is 1.32 bits per heavy atom. The predicted molar refractivity (Wildman–Crippen MR) is 110 cm³/mol. The average Bonchev–Trinajstić information content (AvgIpc) is 3.47. The van der Waals surface area contributed by atoms with Crippen molar-refractivity contribution >= 4 is 51.5 Å². The van der Waals surface area contributed by atoms with Crippen LogP contribution in [0.15, 0.2) is 24.3 Å². The minimum Gasteiger partial charge on any atom is -0.364 e. The Morgan fingerprint density at radius 2 is 2.00 bits per heavy atom. The zero-order valence-corrected chi connectivity index (χ0v) is 18.0. The molecule has 150 valence electrons. The van der Waals surface area contributed by atoms with E-state index in [9.17, 15) is 18.7 Å². The van der Waals surface area contributed by atoms with Crippen LogP contribution in [-0.2, 0) is 4.84 Å². The second kappa shape index (κ2) is 8.10. The van der Waals surface area contributed by atoms with Crippen molar-refractivity contribution in [2.24, 2.45) is 5.92 Å². The van der Waals surface area contributed by atoms with E-state index in [0.717, 1.165) is 28.0 Å². The van der Waals surface area contributed by atoms with Crippen molar-refractivity contribution in [3.63, 3.8) is 0 Å². The lowest BCUT2D eigenvalue weighted by Gasteiger charge is -2.23. The summed E-state index contributed by atoms with van der Waals surface area (Å²) in [5.41, 5.74) is 2.75. The van der Waals surface area contributed by atoms with E-state index in [2.05, 4.69) is 33.4 Å². The Morgan fingerprint density at radius 3 is 2.61 bits per heavy atom. The third kappa shape index (κ3) is 4.56. The van der Waals surface area contributed by atoms with Gasteiger partial charge in [0.1, 0.15) is 0 Å². The number of aryl methyl sites for hydroxylation is 1. The molecule has 0 heterocycles. The normalized spacial score (nSPS) is 15.8. The van der Waals surface area contributed by atoms with E-state index >= 15 is 0 Å². The molecule has 9 heteroatoms. The highest BCUT2D eigenvalue weighted by Crippen LogP contribution is 2.39. The summed E-state index contributed by atoms with van der Waals surface area (Å²) in [6.45, 7) is 3.22. The molecule has 5 nitrogen and oxygen atoms in total. The van der Waals surface area contributed by atoms with Crippen LogP contribution >= 0.6 is 34.2 Å². The van der Waals surface area contributed by atoms with Crippen LogP contribution in [-0.4, -0.2) is 16.8 Å². The van der Waals surface area contributed by atoms with E-state index in [-0.39, 0.29) is 17.2 Å². The van der Waals surface area contributed by atoms with E-state index in [4.69, 9.17) is 16.4 Å². The maximum Gasteiger partial charge on any atom is 0.277 e. The number of carbonyl (C=O) groups is 1. The number of hydroxylamine groups is 1. The number of hydrogen-bond acceptors (Lipinski definition) is 4. The second-order valence-electron chi connectivity index (χ2n) is 6.86. The summed E-state index contributed by atoms with van der Waals surface area (Å²) >= 11 is 7.86. The Labute approximate surface area is 179 Å². The molecule has 1 saturated carbocycles.